The Hall–Kier alpha value is -4.14. The van der Waals surface area contributed by atoms with Gasteiger partial charge in [0, 0.05) is 47.2 Å². The minimum Gasteiger partial charge on any atom is -0.507 e. The zero-order valence-corrected chi connectivity index (χ0v) is 32.7. The quantitative estimate of drug-likeness (QED) is 0.222. The molecule has 0 saturated carbocycles. The molecule has 292 valence electrons. The Morgan fingerprint density at radius 3 is 2.57 bits per heavy atom. The van der Waals surface area contributed by atoms with Crippen LogP contribution in [0.5, 0.6) is 28.7 Å². The molecule has 54 heavy (non-hydrogen) atoms. The Morgan fingerprint density at radius 1 is 1.11 bits per heavy atom. The second-order valence-electron chi connectivity index (χ2n) is 15.1. The third-order valence-corrected chi connectivity index (χ3v) is 12.2. The van der Waals surface area contributed by atoms with Gasteiger partial charge in [-0.3, -0.25) is 9.80 Å². The fourth-order valence-corrected chi connectivity index (χ4v) is 10.2. The minimum absolute atomic E-state index is 0.0405. The summed E-state index contributed by atoms with van der Waals surface area (Å²) < 4.78 is 46.9. The van der Waals surface area contributed by atoms with Crippen molar-refractivity contribution in [3.8, 4) is 34.8 Å². The molecule has 1 amide bonds. The maximum absolute atomic E-state index is 13.8. The number of benzene rings is 2. The normalized spacial score (nSPS) is 27.2. The number of methoxy groups -OCH3 is 2. The van der Waals surface area contributed by atoms with E-state index in [4.69, 9.17) is 37.9 Å². The molecule has 7 atom stereocenters. The largest absolute Gasteiger partial charge is 0.507 e. The Balaban J connectivity index is 1.42. The summed E-state index contributed by atoms with van der Waals surface area (Å²) in [5.41, 5.74) is 3.76. The fourth-order valence-electron chi connectivity index (χ4n) is 8.68. The van der Waals surface area contributed by atoms with E-state index in [0.29, 0.717) is 59.3 Å². The number of phenols is 1. The number of hydrogen-bond acceptors (Lipinski definition) is 15. The third-order valence-electron chi connectivity index (χ3n) is 10.8. The Morgan fingerprint density at radius 2 is 1.87 bits per heavy atom. The molecule has 1 unspecified atom stereocenters. The van der Waals surface area contributed by atoms with Crippen LogP contribution in [-0.4, -0.2) is 117 Å². The van der Waals surface area contributed by atoms with E-state index >= 15 is 0 Å². The summed E-state index contributed by atoms with van der Waals surface area (Å²) in [5.74, 6) is 1.47. The van der Waals surface area contributed by atoms with Crippen LogP contribution < -0.4 is 24.3 Å². The predicted molar refractivity (Wildman–Crippen MR) is 195 cm³/mol. The van der Waals surface area contributed by atoms with Crippen LogP contribution in [0.4, 0.5) is 4.79 Å². The van der Waals surface area contributed by atoms with Crippen molar-refractivity contribution in [2.75, 3.05) is 60.4 Å². The first kappa shape index (κ1) is 38.1. The van der Waals surface area contributed by atoms with Crippen molar-refractivity contribution in [3.05, 3.63) is 39.4 Å². The van der Waals surface area contributed by atoms with E-state index in [1.54, 1.807) is 41.9 Å². The van der Waals surface area contributed by atoms with Gasteiger partial charge >= 0.3 is 12.1 Å². The molecule has 2 N–H and O–H groups in total. The number of phenolic OH excluding ortho intramolecular Hbond substituents is 1. The Labute approximate surface area is 319 Å². The highest BCUT2D eigenvalue weighted by atomic mass is 32.2. The van der Waals surface area contributed by atoms with Crippen molar-refractivity contribution in [2.24, 2.45) is 0 Å². The summed E-state index contributed by atoms with van der Waals surface area (Å²) in [6, 6.07) is 1.11. The molecule has 0 aliphatic carbocycles. The molecule has 7 rings (SSSR count). The van der Waals surface area contributed by atoms with Crippen molar-refractivity contribution < 1.29 is 52.6 Å². The topological polar surface area (TPSA) is 171 Å². The number of aryl methyl sites for hydroxylation is 1. The van der Waals surface area contributed by atoms with E-state index in [-0.39, 0.29) is 37.7 Å². The molecule has 2 aromatic rings. The van der Waals surface area contributed by atoms with Crippen LogP contribution in [0.2, 0.25) is 0 Å². The van der Waals surface area contributed by atoms with E-state index in [9.17, 15) is 20.0 Å². The summed E-state index contributed by atoms with van der Waals surface area (Å²) >= 11 is 1.39. The van der Waals surface area contributed by atoms with Gasteiger partial charge in [0.1, 0.15) is 30.0 Å². The number of hydrogen-bond donors (Lipinski definition) is 2. The number of nitriles is 1. The van der Waals surface area contributed by atoms with Gasteiger partial charge in [0.25, 0.3) is 0 Å². The number of cyclic esters (lactones) is 1. The average Bonchev–Trinajstić information content (AvgIpc) is 3.61. The van der Waals surface area contributed by atoms with E-state index in [1.165, 1.54) is 11.8 Å². The van der Waals surface area contributed by atoms with Gasteiger partial charge < -0.3 is 48.3 Å². The minimum atomic E-state index is -1.07. The third kappa shape index (κ3) is 6.43. The lowest BCUT2D eigenvalue weighted by Gasteiger charge is -2.61. The van der Waals surface area contributed by atoms with Crippen molar-refractivity contribution in [1.82, 2.24) is 15.1 Å². The number of piperazine rings is 1. The second-order valence-corrected chi connectivity index (χ2v) is 16.3. The lowest BCUT2D eigenvalue weighted by atomic mass is 9.71. The van der Waals surface area contributed by atoms with Gasteiger partial charge in [-0.25, -0.2) is 9.59 Å². The van der Waals surface area contributed by atoms with Crippen molar-refractivity contribution in [1.29, 1.82) is 5.26 Å². The number of rotatable bonds is 8. The summed E-state index contributed by atoms with van der Waals surface area (Å²) in [6.07, 6.45) is -0.217. The highest BCUT2D eigenvalue weighted by molar-refractivity contribution is 7.99. The van der Waals surface area contributed by atoms with Crippen LogP contribution in [-0.2, 0) is 30.2 Å². The number of amides is 1. The molecule has 0 radical (unpaired) electrons. The molecule has 2 saturated heterocycles. The molecular weight excluding hydrogens is 721 g/mol. The molecule has 4 bridgehead atoms. The molecule has 2 aromatic carbocycles. The van der Waals surface area contributed by atoms with Crippen molar-refractivity contribution in [3.63, 3.8) is 0 Å². The lowest BCUT2D eigenvalue weighted by Crippen LogP contribution is -2.69. The second kappa shape index (κ2) is 14.8. The number of nitrogens with zero attached hydrogens (tertiary/aromatic N) is 3. The molecule has 5 heterocycles. The van der Waals surface area contributed by atoms with Crippen molar-refractivity contribution in [2.45, 2.75) is 88.1 Å². The molecule has 16 heteroatoms. The first-order valence-corrected chi connectivity index (χ1v) is 19.1. The van der Waals surface area contributed by atoms with Gasteiger partial charge in [-0.15, -0.1) is 11.8 Å². The zero-order valence-electron chi connectivity index (χ0n) is 31.8. The summed E-state index contributed by atoms with van der Waals surface area (Å²) in [7, 11) is 5.22. The van der Waals surface area contributed by atoms with Gasteiger partial charge in [-0.2, -0.15) is 5.26 Å². The standard InChI is InChI=1S/C38H48N4O11S/c1-18-11-20-12-22-23(13-39)42-24-14-49-36(44)21(40-37(45)53-38(3,4)5)15-54-35(27-26(24)34-32(51-17-52-34)19(2)30(27)43)29(42)28(41(22)6)25(20)33(31(18)47-8)50-16-48-10-9-46-7/h11,21-24,28-29,35,43H,9-10,12,14-17H2,1-8H3,(H,40,45)/t21-,22-,23-,24-,28+,29?,35+/m0/s1. The van der Waals surface area contributed by atoms with E-state index in [1.807, 2.05) is 14.0 Å². The van der Waals surface area contributed by atoms with Crippen LogP contribution >= 0.6 is 11.8 Å². The van der Waals surface area contributed by atoms with Gasteiger partial charge in [0.15, 0.2) is 29.8 Å². The number of fused-ring (bicyclic) bond motifs is 9. The number of likely N-dealkylation sites (N-methyl/N-ethyl adjacent to an activating group) is 1. The van der Waals surface area contributed by atoms with E-state index < -0.39 is 53.1 Å². The van der Waals surface area contributed by atoms with E-state index in [0.717, 1.165) is 16.7 Å². The molecule has 5 aliphatic rings. The molecule has 0 aromatic heterocycles. The van der Waals surface area contributed by atoms with Crippen LogP contribution in [0, 0.1) is 25.2 Å². The van der Waals surface area contributed by atoms with Gasteiger partial charge in [-0.05, 0) is 59.2 Å². The molecular formula is C38H48N4O11S. The number of nitrogens with one attached hydrogen (secondary N) is 1. The average molecular weight is 769 g/mol. The SMILES string of the molecule is COCCOCOc1c(OC)c(C)cc2c1[C@@H]1C3[C@@H]4SC[C@H](NC(=O)OC(C)(C)C)C(=O)OC[C@@H](c5c6c(c(C)c(O)c54)OCO6)N3[C@@H](C#N)[C@H](C2)N1C. The number of ether oxygens (including phenoxy) is 8. The molecule has 15 nitrogen and oxygen atoms in total. The maximum Gasteiger partial charge on any atom is 0.408 e. The first-order chi connectivity index (χ1) is 25.8. The number of aromatic hydroxyl groups is 1. The lowest BCUT2D eigenvalue weighted by molar-refractivity contribution is -0.151. The number of alkyl carbamates (subject to hydrolysis) is 1. The molecule has 2 fully saturated rings. The van der Waals surface area contributed by atoms with Gasteiger partial charge in [0.05, 0.1) is 43.7 Å². The number of esters is 1. The summed E-state index contributed by atoms with van der Waals surface area (Å²) in [5, 5.41) is 25.4. The first-order valence-electron chi connectivity index (χ1n) is 18.0. The Bertz CT molecular complexity index is 1860. The van der Waals surface area contributed by atoms with E-state index in [2.05, 4.69) is 27.3 Å². The monoisotopic (exact) mass is 768 g/mol. The van der Waals surface area contributed by atoms with Crippen LogP contribution in [0.15, 0.2) is 6.07 Å². The van der Waals surface area contributed by atoms with Crippen LogP contribution in [0.3, 0.4) is 0 Å². The highest BCUT2D eigenvalue weighted by Gasteiger charge is 2.60. The van der Waals surface area contributed by atoms with Crippen LogP contribution in [0.1, 0.15) is 71.5 Å². The van der Waals surface area contributed by atoms with Crippen molar-refractivity contribution >= 4 is 23.8 Å². The Kier molecular flexibility index (Phi) is 10.5. The maximum atomic E-state index is 13.8. The molecule has 5 aliphatic heterocycles. The summed E-state index contributed by atoms with van der Waals surface area (Å²) in [6.45, 7) is 9.44. The number of carbonyl (C=O) groups is 2. The summed E-state index contributed by atoms with van der Waals surface area (Å²) in [4.78, 5) is 31.1. The number of carbonyl (C=O) groups excluding carboxylic acids is 2. The zero-order chi connectivity index (χ0) is 38.6. The van der Waals surface area contributed by atoms with Gasteiger partial charge in [0.2, 0.25) is 6.79 Å². The fraction of sp³-hybridized carbons (Fsp3) is 0.605. The number of thioether (sulfide) groups is 1. The predicted octanol–water partition coefficient (Wildman–Crippen LogP) is 4.20. The highest BCUT2D eigenvalue weighted by Crippen LogP contribution is 2.64. The van der Waals surface area contributed by atoms with Crippen LogP contribution in [0.25, 0.3) is 0 Å². The van der Waals surface area contributed by atoms with Gasteiger partial charge in [-0.1, -0.05) is 6.07 Å². The smallest absolute Gasteiger partial charge is 0.408 e. The molecule has 0 spiro atoms.